The van der Waals surface area contributed by atoms with Crippen LogP contribution in [0.3, 0.4) is 0 Å². The molecule has 2 heterocycles. The third-order valence-electron chi connectivity index (χ3n) is 4.46. The number of anilines is 1. The van der Waals surface area contributed by atoms with Gasteiger partial charge >= 0.3 is 12.1 Å². The number of sulfonamides is 1. The number of aliphatic hydroxyl groups is 1. The van der Waals surface area contributed by atoms with E-state index < -0.39 is 49.3 Å². The predicted octanol–water partition coefficient (Wildman–Crippen LogP) is 4.54. The lowest BCUT2D eigenvalue weighted by atomic mass is 10.2. The van der Waals surface area contributed by atoms with E-state index >= 15 is 0 Å². The topological polar surface area (TPSA) is 160 Å². The molecule has 0 aliphatic rings. The van der Waals surface area contributed by atoms with Crippen LogP contribution in [0.4, 0.5) is 18.9 Å². The Morgan fingerprint density at radius 3 is 2.59 bits per heavy atom. The summed E-state index contributed by atoms with van der Waals surface area (Å²) in [5, 5.41) is 23.9. The van der Waals surface area contributed by atoms with E-state index in [4.69, 9.17) is 38.5 Å². The van der Waals surface area contributed by atoms with E-state index in [1.54, 1.807) is 0 Å². The molecule has 11 nitrogen and oxygen atoms in total. The van der Waals surface area contributed by atoms with Crippen molar-refractivity contribution in [1.29, 1.82) is 5.41 Å². The minimum Gasteiger partial charge on any atom is -0.515 e. The highest BCUT2D eigenvalue weighted by molar-refractivity contribution is 7.92. The Morgan fingerprint density at radius 2 is 1.97 bits per heavy atom. The molecule has 0 saturated heterocycles. The van der Waals surface area contributed by atoms with Crippen LogP contribution in [0.2, 0.25) is 10.0 Å². The van der Waals surface area contributed by atoms with Gasteiger partial charge in [-0.05, 0) is 31.2 Å². The zero-order valence-electron chi connectivity index (χ0n) is 18.4. The molecular weight excluding hydrogens is 564 g/mol. The number of ether oxygens (including phenoxy) is 1. The monoisotopic (exact) mass is 578 g/mol. The first-order valence-corrected chi connectivity index (χ1v) is 12.1. The van der Waals surface area contributed by atoms with Crippen LogP contribution in [0.1, 0.15) is 23.1 Å². The number of hydrogen-bond donors (Lipinski definition) is 3. The molecule has 0 amide bonds. The zero-order chi connectivity index (χ0) is 27.5. The van der Waals surface area contributed by atoms with E-state index in [0.717, 1.165) is 35.0 Å². The van der Waals surface area contributed by atoms with Gasteiger partial charge in [-0.25, -0.2) is 18.2 Å². The van der Waals surface area contributed by atoms with Crippen LogP contribution in [0, 0.1) is 5.41 Å². The van der Waals surface area contributed by atoms with Gasteiger partial charge in [0.05, 0.1) is 39.1 Å². The summed E-state index contributed by atoms with van der Waals surface area (Å²) in [6.07, 6.45) is -2.47. The van der Waals surface area contributed by atoms with Crippen LogP contribution in [0.25, 0.3) is 11.5 Å². The van der Waals surface area contributed by atoms with Crippen molar-refractivity contribution in [3.63, 3.8) is 0 Å². The molecule has 0 aliphatic carbocycles. The van der Waals surface area contributed by atoms with Gasteiger partial charge in [0.1, 0.15) is 11.5 Å². The van der Waals surface area contributed by atoms with E-state index in [1.165, 1.54) is 6.92 Å². The second-order valence-electron chi connectivity index (χ2n) is 6.90. The molecule has 17 heteroatoms. The fraction of sp³-hybridized carbons (Fsp3) is 0.150. The summed E-state index contributed by atoms with van der Waals surface area (Å²) in [4.78, 5) is 15.6. The molecule has 37 heavy (non-hydrogen) atoms. The van der Waals surface area contributed by atoms with Crippen LogP contribution in [-0.2, 0) is 20.9 Å². The van der Waals surface area contributed by atoms with E-state index in [-0.39, 0.29) is 28.8 Å². The predicted molar refractivity (Wildman–Crippen MR) is 126 cm³/mol. The number of esters is 1. The smallest absolute Gasteiger partial charge is 0.417 e. The molecular formula is C20H15Cl2F3N6O5S. The third-order valence-corrected chi connectivity index (χ3v) is 6.36. The lowest BCUT2D eigenvalue weighted by Gasteiger charge is -2.15. The normalized spacial score (nSPS) is 12.1. The summed E-state index contributed by atoms with van der Waals surface area (Å²) >= 11 is 11.5. The Labute approximate surface area is 217 Å². The molecule has 2 aromatic heterocycles. The van der Waals surface area contributed by atoms with Crippen molar-refractivity contribution in [3.8, 4) is 11.5 Å². The fourth-order valence-corrected chi connectivity index (χ4v) is 4.39. The number of nitrogens with zero attached hydrogens (tertiary/aromatic N) is 4. The molecule has 3 rings (SSSR count). The van der Waals surface area contributed by atoms with Crippen molar-refractivity contribution >= 4 is 50.7 Å². The maximum atomic E-state index is 13.3. The molecule has 0 saturated carbocycles. The molecule has 0 aliphatic heterocycles. The molecule has 0 spiro atoms. The van der Waals surface area contributed by atoms with Gasteiger partial charge in [0.2, 0.25) is 5.82 Å². The first-order valence-electron chi connectivity index (χ1n) is 9.87. The van der Waals surface area contributed by atoms with Crippen molar-refractivity contribution in [2.75, 3.05) is 11.3 Å². The van der Waals surface area contributed by atoms with Crippen molar-refractivity contribution in [2.24, 2.45) is 0 Å². The van der Waals surface area contributed by atoms with Crippen LogP contribution in [-0.4, -0.2) is 51.7 Å². The second-order valence-corrected chi connectivity index (χ2v) is 9.42. The average Bonchev–Trinajstić information content (AvgIpc) is 3.24. The SMILES string of the molecule is CCOC(=O)c1nnc(-c2ncc(Cl)cc2NS(=O)(=O)c2ccc(Cl)c(C(F)(F)F)c2)n1C(=N)/C=C\O. The largest absolute Gasteiger partial charge is 0.515 e. The maximum absolute atomic E-state index is 13.3. The van der Waals surface area contributed by atoms with Gasteiger partial charge in [0.15, 0.2) is 5.82 Å². The average molecular weight is 579 g/mol. The van der Waals surface area contributed by atoms with Crippen molar-refractivity contribution < 1.29 is 36.2 Å². The highest BCUT2D eigenvalue weighted by atomic mass is 35.5. The number of halogens is 5. The summed E-state index contributed by atoms with van der Waals surface area (Å²) in [5.41, 5.74) is -2.05. The van der Waals surface area contributed by atoms with Crippen molar-refractivity contribution in [1.82, 2.24) is 19.7 Å². The highest BCUT2D eigenvalue weighted by Crippen LogP contribution is 2.37. The Bertz CT molecular complexity index is 1510. The standard InChI is InChI=1S/C20H15Cl2F3N6O5S/c1-2-36-19(33)18-29-28-17(31(18)15(26)5-6-32)16-14(7-10(21)9-27-16)30-37(34,35)11-3-4-13(22)12(8-11)20(23,24)25/h3-9,26,30,32H,2H2,1H3/b6-5-,26-15?. The van der Waals surface area contributed by atoms with Gasteiger partial charge in [0, 0.05) is 12.3 Å². The molecule has 0 atom stereocenters. The Morgan fingerprint density at radius 1 is 1.27 bits per heavy atom. The number of nitrogens with one attached hydrogen (secondary N) is 2. The van der Waals surface area contributed by atoms with Crippen LogP contribution >= 0.6 is 23.2 Å². The van der Waals surface area contributed by atoms with Gasteiger partial charge in [0.25, 0.3) is 10.0 Å². The minimum atomic E-state index is -4.92. The van der Waals surface area contributed by atoms with Gasteiger partial charge in [-0.3, -0.25) is 14.7 Å². The first kappa shape index (κ1) is 27.9. The number of carbonyl (C=O) groups excluding carboxylic acids is 1. The number of hydrogen-bond acceptors (Lipinski definition) is 9. The minimum absolute atomic E-state index is 0.0462. The van der Waals surface area contributed by atoms with Gasteiger partial charge in [-0.2, -0.15) is 13.2 Å². The lowest BCUT2D eigenvalue weighted by Crippen LogP contribution is -2.20. The summed E-state index contributed by atoms with van der Waals surface area (Å²) in [7, 11) is -4.69. The Hall–Kier alpha value is -3.69. The van der Waals surface area contributed by atoms with E-state index in [0.29, 0.717) is 12.3 Å². The third kappa shape index (κ3) is 6.00. The van der Waals surface area contributed by atoms with Crippen molar-refractivity contribution in [3.05, 3.63) is 64.2 Å². The number of allylic oxidation sites excluding steroid dienone is 1. The molecule has 0 unspecified atom stereocenters. The number of aromatic nitrogens is 4. The van der Waals surface area contributed by atoms with Gasteiger partial charge < -0.3 is 9.84 Å². The Balaban J connectivity index is 2.17. The van der Waals surface area contributed by atoms with E-state index in [1.807, 2.05) is 0 Å². The summed E-state index contributed by atoms with van der Waals surface area (Å²) in [5.74, 6) is -2.39. The van der Waals surface area contributed by atoms with E-state index in [2.05, 4.69) is 19.9 Å². The van der Waals surface area contributed by atoms with Crippen LogP contribution < -0.4 is 4.72 Å². The Kier molecular flexibility index (Phi) is 8.09. The number of aliphatic hydroxyl groups excluding tert-OH is 1. The molecule has 0 bridgehead atoms. The van der Waals surface area contributed by atoms with Gasteiger partial charge in [-0.1, -0.05) is 23.2 Å². The van der Waals surface area contributed by atoms with E-state index in [9.17, 15) is 26.4 Å². The first-order chi connectivity index (χ1) is 17.3. The number of pyridine rings is 1. The lowest BCUT2D eigenvalue weighted by molar-refractivity contribution is -0.137. The number of alkyl halides is 3. The molecule has 0 radical (unpaired) electrons. The van der Waals surface area contributed by atoms with Crippen molar-refractivity contribution in [2.45, 2.75) is 18.0 Å². The quantitative estimate of drug-likeness (QED) is 0.159. The van der Waals surface area contributed by atoms with Crippen LogP contribution in [0.5, 0.6) is 0 Å². The van der Waals surface area contributed by atoms with Gasteiger partial charge in [-0.15, -0.1) is 10.2 Å². The number of benzene rings is 1. The molecule has 1 aromatic carbocycles. The summed E-state index contributed by atoms with van der Waals surface area (Å²) < 4.78 is 73.6. The second kappa shape index (κ2) is 10.7. The zero-order valence-corrected chi connectivity index (χ0v) is 20.7. The highest BCUT2D eigenvalue weighted by Gasteiger charge is 2.35. The molecule has 3 aromatic rings. The maximum Gasteiger partial charge on any atom is 0.417 e. The molecule has 196 valence electrons. The molecule has 3 N–H and O–H groups in total. The number of carbonyl (C=O) groups is 1. The number of rotatable bonds is 7. The fourth-order valence-electron chi connectivity index (χ4n) is 2.93. The summed E-state index contributed by atoms with van der Waals surface area (Å²) in [6, 6.07) is 3.07. The van der Waals surface area contributed by atoms with Crippen LogP contribution in [0.15, 0.2) is 47.7 Å². The summed E-state index contributed by atoms with van der Waals surface area (Å²) in [6.45, 7) is 1.47. The molecule has 0 fully saturated rings.